The minimum absolute atomic E-state index is 0.143. The Hall–Kier alpha value is -3.06. The van der Waals surface area contributed by atoms with Crippen LogP contribution >= 0.6 is 0 Å². The maximum atomic E-state index is 11.9. The molecule has 1 amide bonds. The number of fused-ring (bicyclic) bond motifs is 2. The molecule has 1 fully saturated rings. The number of hydrogen-bond donors (Lipinski definition) is 0. The Morgan fingerprint density at radius 2 is 1.87 bits per heavy atom. The van der Waals surface area contributed by atoms with Crippen molar-refractivity contribution in [1.82, 2.24) is 9.80 Å². The van der Waals surface area contributed by atoms with Gasteiger partial charge in [0.15, 0.2) is 0 Å². The van der Waals surface area contributed by atoms with Crippen LogP contribution in [0.4, 0.5) is 0 Å². The maximum Gasteiger partial charge on any atom is 0.310 e. The SMILES string of the molecule is CCOC(=O)Cc1coc2cc3ccc(OCCN4CCN(C(C)=O)CC4)cc3cc12. The second-order valence-electron chi connectivity index (χ2n) is 7.80. The van der Waals surface area contributed by atoms with Crippen molar-refractivity contribution in [2.75, 3.05) is 45.9 Å². The summed E-state index contributed by atoms with van der Waals surface area (Å²) in [6.07, 6.45) is 1.82. The van der Waals surface area contributed by atoms with Crippen molar-refractivity contribution < 1.29 is 23.5 Å². The molecule has 2 heterocycles. The van der Waals surface area contributed by atoms with Gasteiger partial charge in [0.25, 0.3) is 0 Å². The van der Waals surface area contributed by atoms with Crippen molar-refractivity contribution >= 4 is 33.6 Å². The molecule has 0 spiro atoms. The second kappa shape index (κ2) is 9.39. The Bertz CT molecular complexity index is 1080. The second-order valence-corrected chi connectivity index (χ2v) is 7.80. The van der Waals surface area contributed by atoms with Gasteiger partial charge in [0.1, 0.15) is 17.9 Å². The number of rotatable bonds is 7. The van der Waals surface area contributed by atoms with E-state index < -0.39 is 0 Å². The van der Waals surface area contributed by atoms with Crippen LogP contribution in [0.25, 0.3) is 21.7 Å². The summed E-state index contributed by atoms with van der Waals surface area (Å²) in [5.74, 6) is 0.695. The fraction of sp³-hybridized carbons (Fsp3) is 0.417. The molecule has 7 heteroatoms. The number of ether oxygens (including phenoxy) is 2. The molecule has 0 N–H and O–H groups in total. The van der Waals surface area contributed by atoms with Crippen molar-refractivity contribution in [2.45, 2.75) is 20.3 Å². The van der Waals surface area contributed by atoms with Gasteiger partial charge in [-0.05, 0) is 42.0 Å². The van der Waals surface area contributed by atoms with E-state index in [4.69, 9.17) is 13.9 Å². The highest BCUT2D eigenvalue weighted by atomic mass is 16.5. The standard InChI is InChI=1S/C24H28N2O5/c1-3-29-24(28)15-20-16-31-23-14-18-4-5-21(12-19(18)13-22(20)23)30-11-10-25-6-8-26(9-7-25)17(2)27/h4-5,12-14,16H,3,6-11,15H2,1-2H3. The Balaban J connectivity index is 1.40. The van der Waals surface area contributed by atoms with Crippen molar-refractivity contribution in [3.05, 3.63) is 42.2 Å². The van der Waals surface area contributed by atoms with E-state index in [1.807, 2.05) is 35.2 Å². The van der Waals surface area contributed by atoms with Gasteiger partial charge in [-0.3, -0.25) is 14.5 Å². The van der Waals surface area contributed by atoms with Crippen molar-refractivity contribution in [2.24, 2.45) is 0 Å². The zero-order valence-corrected chi connectivity index (χ0v) is 18.1. The van der Waals surface area contributed by atoms with E-state index in [1.165, 1.54) is 0 Å². The van der Waals surface area contributed by atoms with Crippen molar-refractivity contribution in [1.29, 1.82) is 0 Å². The monoisotopic (exact) mass is 424 g/mol. The van der Waals surface area contributed by atoms with Crippen LogP contribution in [0.5, 0.6) is 5.75 Å². The first-order chi connectivity index (χ1) is 15.0. The molecule has 1 aliphatic rings. The molecule has 0 radical (unpaired) electrons. The van der Waals surface area contributed by atoms with Gasteiger partial charge in [-0.1, -0.05) is 6.07 Å². The minimum Gasteiger partial charge on any atom is -0.492 e. The number of carbonyl (C=O) groups is 2. The number of carbonyl (C=O) groups excluding carboxylic acids is 2. The predicted molar refractivity (Wildman–Crippen MR) is 118 cm³/mol. The summed E-state index contributed by atoms with van der Waals surface area (Å²) in [5.41, 5.74) is 1.58. The summed E-state index contributed by atoms with van der Waals surface area (Å²) in [6, 6.07) is 10.0. The lowest BCUT2D eigenvalue weighted by Crippen LogP contribution is -2.48. The lowest BCUT2D eigenvalue weighted by molar-refractivity contribution is -0.142. The lowest BCUT2D eigenvalue weighted by Gasteiger charge is -2.34. The summed E-state index contributed by atoms with van der Waals surface area (Å²) < 4.78 is 16.7. The predicted octanol–water partition coefficient (Wildman–Crippen LogP) is 3.23. The van der Waals surface area contributed by atoms with Gasteiger partial charge in [0.2, 0.25) is 5.91 Å². The molecular weight excluding hydrogens is 396 g/mol. The first kappa shape index (κ1) is 21.2. The van der Waals surface area contributed by atoms with E-state index in [0.717, 1.165) is 65.8 Å². The van der Waals surface area contributed by atoms with Gasteiger partial charge in [0, 0.05) is 50.6 Å². The summed E-state index contributed by atoms with van der Waals surface area (Å²) >= 11 is 0. The Morgan fingerprint density at radius 3 is 2.61 bits per heavy atom. The molecule has 1 aliphatic heterocycles. The molecule has 7 nitrogen and oxygen atoms in total. The number of hydrogen-bond acceptors (Lipinski definition) is 6. The third kappa shape index (κ3) is 4.99. The van der Waals surface area contributed by atoms with E-state index in [0.29, 0.717) is 13.2 Å². The largest absolute Gasteiger partial charge is 0.492 e. The minimum atomic E-state index is -0.258. The third-order valence-electron chi connectivity index (χ3n) is 5.72. The molecule has 1 saturated heterocycles. The van der Waals surface area contributed by atoms with E-state index in [-0.39, 0.29) is 18.3 Å². The van der Waals surface area contributed by atoms with E-state index in [1.54, 1.807) is 20.1 Å². The highest BCUT2D eigenvalue weighted by Gasteiger charge is 2.18. The summed E-state index contributed by atoms with van der Waals surface area (Å²) in [6.45, 7) is 8.51. The molecule has 0 atom stereocenters. The summed E-state index contributed by atoms with van der Waals surface area (Å²) in [4.78, 5) is 27.5. The molecule has 0 aliphatic carbocycles. The first-order valence-electron chi connectivity index (χ1n) is 10.7. The Labute approximate surface area is 181 Å². The van der Waals surface area contributed by atoms with E-state index >= 15 is 0 Å². The van der Waals surface area contributed by atoms with Crippen LogP contribution in [-0.4, -0.2) is 67.6 Å². The summed E-state index contributed by atoms with van der Waals surface area (Å²) in [5, 5.41) is 3.00. The highest BCUT2D eigenvalue weighted by Crippen LogP contribution is 2.29. The number of piperazine rings is 1. The van der Waals surface area contributed by atoms with Crippen molar-refractivity contribution in [3.63, 3.8) is 0 Å². The number of benzene rings is 2. The lowest BCUT2D eigenvalue weighted by atomic mass is 10.0. The Morgan fingerprint density at radius 1 is 1.06 bits per heavy atom. The van der Waals surface area contributed by atoms with Crippen LogP contribution in [0.15, 0.2) is 41.0 Å². The van der Waals surface area contributed by atoms with Gasteiger partial charge < -0.3 is 18.8 Å². The molecule has 164 valence electrons. The molecule has 3 aromatic rings. The van der Waals surface area contributed by atoms with Crippen LogP contribution in [0.1, 0.15) is 19.4 Å². The zero-order valence-electron chi connectivity index (χ0n) is 18.1. The number of furan rings is 1. The normalized spacial score (nSPS) is 14.8. The molecule has 0 unspecified atom stereocenters. The van der Waals surface area contributed by atoms with Gasteiger partial charge in [-0.15, -0.1) is 0 Å². The van der Waals surface area contributed by atoms with Crippen LogP contribution < -0.4 is 4.74 Å². The molecule has 31 heavy (non-hydrogen) atoms. The first-order valence-corrected chi connectivity index (χ1v) is 10.7. The third-order valence-corrected chi connectivity index (χ3v) is 5.72. The average molecular weight is 424 g/mol. The molecular formula is C24H28N2O5. The topological polar surface area (TPSA) is 72.2 Å². The fourth-order valence-electron chi connectivity index (χ4n) is 3.97. The average Bonchev–Trinajstić information content (AvgIpc) is 3.14. The van der Waals surface area contributed by atoms with Crippen LogP contribution in [0.2, 0.25) is 0 Å². The van der Waals surface area contributed by atoms with Gasteiger partial charge in [-0.25, -0.2) is 0 Å². The fourth-order valence-corrected chi connectivity index (χ4v) is 3.97. The van der Waals surface area contributed by atoms with Crippen LogP contribution in [0, 0.1) is 0 Å². The molecule has 0 saturated carbocycles. The maximum absolute atomic E-state index is 11.9. The number of amides is 1. The van der Waals surface area contributed by atoms with E-state index in [9.17, 15) is 9.59 Å². The van der Waals surface area contributed by atoms with Crippen LogP contribution in [0.3, 0.4) is 0 Å². The highest BCUT2D eigenvalue weighted by molar-refractivity contribution is 5.98. The smallest absolute Gasteiger partial charge is 0.310 e. The van der Waals surface area contributed by atoms with Crippen LogP contribution in [-0.2, 0) is 20.7 Å². The van der Waals surface area contributed by atoms with E-state index in [2.05, 4.69) is 4.90 Å². The Kier molecular flexibility index (Phi) is 6.42. The summed E-state index contributed by atoms with van der Waals surface area (Å²) in [7, 11) is 0. The van der Waals surface area contributed by atoms with Gasteiger partial charge >= 0.3 is 5.97 Å². The van der Waals surface area contributed by atoms with Crippen molar-refractivity contribution in [3.8, 4) is 5.75 Å². The van der Waals surface area contributed by atoms with Gasteiger partial charge in [0.05, 0.1) is 19.3 Å². The molecule has 0 bridgehead atoms. The molecule has 2 aromatic carbocycles. The molecule has 1 aromatic heterocycles. The van der Waals surface area contributed by atoms with Gasteiger partial charge in [-0.2, -0.15) is 0 Å². The quantitative estimate of drug-likeness (QED) is 0.542. The zero-order chi connectivity index (χ0) is 21.8. The number of nitrogens with zero attached hydrogens (tertiary/aromatic N) is 2. The molecule has 4 rings (SSSR count). The number of esters is 1.